The number of carbonyl (C=O) groups excluding carboxylic acids is 2. The molecule has 0 spiro atoms. The number of hydrogen-bond acceptors (Lipinski definition) is 5. The Bertz CT molecular complexity index is 527. The summed E-state index contributed by atoms with van der Waals surface area (Å²) in [4.78, 5) is 26.8. The van der Waals surface area contributed by atoms with Crippen LogP contribution in [-0.4, -0.2) is 44.4 Å². The van der Waals surface area contributed by atoms with E-state index in [1.54, 1.807) is 10.3 Å². The largest absolute Gasteiger partial charge is 0.351 e. The minimum absolute atomic E-state index is 0.0246. The van der Waals surface area contributed by atoms with E-state index in [2.05, 4.69) is 14.9 Å². The molecule has 2 heterocycles. The van der Waals surface area contributed by atoms with Crippen molar-refractivity contribution in [3.63, 3.8) is 0 Å². The maximum atomic E-state index is 12.7. The van der Waals surface area contributed by atoms with E-state index in [1.807, 2.05) is 6.92 Å². The molecule has 2 aliphatic rings. The van der Waals surface area contributed by atoms with Crippen molar-refractivity contribution in [2.45, 2.75) is 57.0 Å². The zero-order chi connectivity index (χ0) is 14.9. The standard InChI is InChI=1S/C14H20N4O2S/c1-14(13(20)15-10-5-2-3-6-10)7-4-8-18(14)12(19)11-9-21-17-16-11/h9-10H,2-8H2,1H3,(H,15,20)/t14-/m0/s1. The molecule has 0 radical (unpaired) electrons. The Morgan fingerprint density at radius 2 is 2.14 bits per heavy atom. The molecule has 1 aliphatic heterocycles. The average Bonchev–Trinajstić information content (AvgIpc) is 3.19. The minimum Gasteiger partial charge on any atom is -0.351 e. The topological polar surface area (TPSA) is 75.2 Å². The molecule has 1 aliphatic carbocycles. The third-order valence-electron chi connectivity index (χ3n) is 4.64. The molecule has 2 amide bonds. The SMILES string of the molecule is C[C@@]1(C(=O)NC2CCCC2)CCCN1C(=O)c1csnn1. The summed E-state index contributed by atoms with van der Waals surface area (Å²) in [6.07, 6.45) is 5.99. The highest BCUT2D eigenvalue weighted by atomic mass is 32.1. The molecule has 1 atom stereocenters. The van der Waals surface area contributed by atoms with E-state index in [4.69, 9.17) is 0 Å². The van der Waals surface area contributed by atoms with Gasteiger partial charge in [-0.15, -0.1) is 5.10 Å². The number of nitrogens with one attached hydrogen (secondary N) is 1. The molecule has 7 heteroatoms. The Morgan fingerprint density at radius 3 is 2.81 bits per heavy atom. The summed E-state index contributed by atoms with van der Waals surface area (Å²) < 4.78 is 3.73. The number of nitrogens with zero attached hydrogens (tertiary/aromatic N) is 3. The lowest BCUT2D eigenvalue weighted by Gasteiger charge is -2.34. The maximum absolute atomic E-state index is 12.7. The van der Waals surface area contributed by atoms with Crippen molar-refractivity contribution in [2.24, 2.45) is 0 Å². The molecule has 0 aromatic carbocycles. The van der Waals surface area contributed by atoms with E-state index in [9.17, 15) is 9.59 Å². The van der Waals surface area contributed by atoms with Crippen LogP contribution in [0.3, 0.4) is 0 Å². The third kappa shape index (κ3) is 2.66. The molecule has 1 saturated carbocycles. The van der Waals surface area contributed by atoms with Gasteiger partial charge in [0.05, 0.1) is 0 Å². The van der Waals surface area contributed by atoms with Gasteiger partial charge < -0.3 is 10.2 Å². The van der Waals surface area contributed by atoms with Crippen molar-refractivity contribution in [1.82, 2.24) is 19.8 Å². The third-order valence-corrected chi connectivity index (χ3v) is 5.15. The summed E-state index contributed by atoms with van der Waals surface area (Å²) in [6.45, 7) is 2.47. The van der Waals surface area contributed by atoms with Crippen LogP contribution in [0.25, 0.3) is 0 Å². The normalized spacial score (nSPS) is 26.2. The molecular formula is C14H20N4O2S. The van der Waals surface area contributed by atoms with Crippen molar-refractivity contribution >= 4 is 23.3 Å². The number of likely N-dealkylation sites (tertiary alicyclic amines) is 1. The van der Waals surface area contributed by atoms with Gasteiger partial charge in [0.1, 0.15) is 5.54 Å². The summed E-state index contributed by atoms with van der Waals surface area (Å²) in [7, 11) is 0. The van der Waals surface area contributed by atoms with Crippen LogP contribution in [0.15, 0.2) is 5.38 Å². The fourth-order valence-corrected chi connectivity index (χ4v) is 3.76. The number of hydrogen-bond donors (Lipinski definition) is 1. The molecule has 1 N–H and O–H groups in total. The summed E-state index contributed by atoms with van der Waals surface area (Å²) in [5, 5.41) is 8.59. The minimum atomic E-state index is -0.761. The monoisotopic (exact) mass is 308 g/mol. The van der Waals surface area contributed by atoms with Gasteiger partial charge in [0.2, 0.25) is 5.91 Å². The highest BCUT2D eigenvalue weighted by molar-refractivity contribution is 7.03. The Balaban J connectivity index is 1.74. The fourth-order valence-electron chi connectivity index (χ4n) is 3.33. The van der Waals surface area contributed by atoms with Gasteiger partial charge >= 0.3 is 0 Å². The van der Waals surface area contributed by atoms with E-state index < -0.39 is 5.54 Å². The first kappa shape index (κ1) is 14.4. The Morgan fingerprint density at radius 1 is 1.38 bits per heavy atom. The summed E-state index contributed by atoms with van der Waals surface area (Å²) >= 11 is 1.15. The highest BCUT2D eigenvalue weighted by Gasteiger charge is 2.46. The van der Waals surface area contributed by atoms with Crippen LogP contribution in [0.4, 0.5) is 0 Å². The summed E-state index contributed by atoms with van der Waals surface area (Å²) in [5.74, 6) is -0.214. The molecule has 6 nitrogen and oxygen atoms in total. The van der Waals surface area contributed by atoms with Crippen LogP contribution in [0.2, 0.25) is 0 Å². The summed E-state index contributed by atoms with van der Waals surface area (Å²) in [6, 6.07) is 0.271. The molecule has 1 aromatic heterocycles. The molecule has 114 valence electrons. The van der Waals surface area contributed by atoms with E-state index in [-0.39, 0.29) is 17.9 Å². The van der Waals surface area contributed by atoms with E-state index in [0.29, 0.717) is 18.7 Å². The molecule has 1 saturated heterocycles. The quantitative estimate of drug-likeness (QED) is 0.920. The first-order valence-electron chi connectivity index (χ1n) is 7.51. The van der Waals surface area contributed by atoms with Gasteiger partial charge in [-0.25, -0.2) is 0 Å². The van der Waals surface area contributed by atoms with Crippen molar-refractivity contribution in [1.29, 1.82) is 0 Å². The zero-order valence-corrected chi connectivity index (χ0v) is 13.0. The number of aromatic nitrogens is 2. The molecule has 2 fully saturated rings. The van der Waals surface area contributed by atoms with Crippen LogP contribution >= 0.6 is 11.5 Å². The van der Waals surface area contributed by atoms with Gasteiger partial charge in [0.25, 0.3) is 5.91 Å². The van der Waals surface area contributed by atoms with Gasteiger partial charge in [0, 0.05) is 18.0 Å². The second-order valence-corrected chi connectivity index (χ2v) is 6.69. The maximum Gasteiger partial charge on any atom is 0.276 e. The Labute approximate surface area is 128 Å². The van der Waals surface area contributed by atoms with Gasteiger partial charge in [-0.1, -0.05) is 17.3 Å². The second kappa shape index (κ2) is 5.71. The van der Waals surface area contributed by atoms with Crippen LogP contribution in [0.1, 0.15) is 55.9 Å². The fraction of sp³-hybridized carbons (Fsp3) is 0.714. The molecule has 0 unspecified atom stereocenters. The predicted molar refractivity (Wildman–Crippen MR) is 79.0 cm³/mol. The van der Waals surface area contributed by atoms with Crippen molar-refractivity contribution < 1.29 is 9.59 Å². The van der Waals surface area contributed by atoms with Crippen LogP contribution in [0.5, 0.6) is 0 Å². The zero-order valence-electron chi connectivity index (χ0n) is 12.2. The van der Waals surface area contributed by atoms with Gasteiger partial charge in [-0.3, -0.25) is 9.59 Å². The van der Waals surface area contributed by atoms with Crippen molar-refractivity contribution in [3.8, 4) is 0 Å². The highest BCUT2D eigenvalue weighted by Crippen LogP contribution is 2.31. The summed E-state index contributed by atoms with van der Waals surface area (Å²) in [5.41, 5.74) is -0.426. The van der Waals surface area contributed by atoms with E-state index >= 15 is 0 Å². The molecule has 0 bridgehead atoms. The lowest BCUT2D eigenvalue weighted by Crippen LogP contribution is -2.57. The molecule has 1 aromatic rings. The number of rotatable bonds is 3. The van der Waals surface area contributed by atoms with Crippen LogP contribution < -0.4 is 5.32 Å². The molecule has 21 heavy (non-hydrogen) atoms. The van der Waals surface area contributed by atoms with Crippen molar-refractivity contribution in [3.05, 3.63) is 11.1 Å². The van der Waals surface area contributed by atoms with E-state index in [0.717, 1.165) is 30.8 Å². The molecule has 3 rings (SSSR count). The second-order valence-electron chi connectivity index (χ2n) is 6.08. The van der Waals surface area contributed by atoms with Gasteiger partial charge in [-0.05, 0) is 44.1 Å². The van der Waals surface area contributed by atoms with Gasteiger partial charge in [-0.2, -0.15) is 0 Å². The first-order valence-corrected chi connectivity index (χ1v) is 8.35. The lowest BCUT2D eigenvalue weighted by atomic mass is 9.96. The Hall–Kier alpha value is -1.50. The smallest absolute Gasteiger partial charge is 0.276 e. The van der Waals surface area contributed by atoms with Crippen LogP contribution in [-0.2, 0) is 4.79 Å². The van der Waals surface area contributed by atoms with Crippen LogP contribution in [0, 0.1) is 0 Å². The van der Waals surface area contributed by atoms with Gasteiger partial charge in [0.15, 0.2) is 5.69 Å². The first-order chi connectivity index (χ1) is 10.1. The number of amides is 2. The predicted octanol–water partition coefficient (Wildman–Crippen LogP) is 1.59. The van der Waals surface area contributed by atoms with E-state index in [1.165, 1.54) is 12.8 Å². The molecular weight excluding hydrogens is 288 g/mol. The lowest BCUT2D eigenvalue weighted by molar-refractivity contribution is -0.130. The number of carbonyl (C=O) groups is 2. The van der Waals surface area contributed by atoms with Crippen molar-refractivity contribution in [2.75, 3.05) is 6.54 Å². The average molecular weight is 308 g/mol. The Kier molecular flexibility index (Phi) is 3.93.